The van der Waals surface area contributed by atoms with Crippen LogP contribution >= 0.6 is 0 Å². The Kier molecular flexibility index (Phi) is 9.32. The number of halogens is 3. The van der Waals surface area contributed by atoms with Gasteiger partial charge in [-0.25, -0.2) is 4.79 Å². The van der Waals surface area contributed by atoms with E-state index in [0.717, 1.165) is 0 Å². The topological polar surface area (TPSA) is 59.6 Å². The highest BCUT2D eigenvalue weighted by molar-refractivity contribution is 5.74. The minimum absolute atomic E-state index is 0.149. The minimum Gasteiger partial charge on any atom is -0.359 e. The van der Waals surface area contributed by atoms with E-state index in [2.05, 4.69) is 10.1 Å². The van der Waals surface area contributed by atoms with Gasteiger partial charge in [-0.15, -0.1) is 0 Å². The second kappa shape index (κ2) is 9.82. The minimum atomic E-state index is -4.45. The first kappa shape index (κ1) is 19.0. The average molecular weight is 300 g/mol. The van der Waals surface area contributed by atoms with Gasteiger partial charge in [0.15, 0.2) is 0 Å². The quantitative estimate of drug-likeness (QED) is 0.507. The van der Waals surface area contributed by atoms with Crippen molar-refractivity contribution >= 4 is 6.03 Å². The third-order valence-corrected chi connectivity index (χ3v) is 2.80. The van der Waals surface area contributed by atoms with E-state index in [4.69, 9.17) is 4.74 Å². The number of hydrogen-bond acceptors (Lipinski definition) is 3. The van der Waals surface area contributed by atoms with Crippen LogP contribution in [0.4, 0.5) is 18.0 Å². The van der Waals surface area contributed by atoms with Crippen molar-refractivity contribution in [2.75, 3.05) is 27.1 Å². The number of carbonyl (C=O) groups excluding carboxylic acids is 1. The largest absolute Gasteiger partial charge is 0.408 e. The zero-order chi connectivity index (χ0) is 15.6. The molecular formula is C12H23F3N2O3. The highest BCUT2D eigenvalue weighted by Crippen LogP contribution is 2.27. The van der Waals surface area contributed by atoms with Gasteiger partial charge in [-0.1, -0.05) is 20.3 Å². The maximum atomic E-state index is 12.8. The Morgan fingerprint density at radius 3 is 2.50 bits per heavy atom. The first-order valence-corrected chi connectivity index (χ1v) is 6.50. The van der Waals surface area contributed by atoms with Crippen molar-refractivity contribution in [3.05, 3.63) is 0 Å². The molecule has 0 saturated carbocycles. The van der Waals surface area contributed by atoms with Crippen molar-refractivity contribution in [1.29, 1.82) is 0 Å². The Balaban J connectivity index is 4.02. The zero-order valence-corrected chi connectivity index (χ0v) is 12.0. The van der Waals surface area contributed by atoms with E-state index in [1.807, 2.05) is 5.32 Å². The van der Waals surface area contributed by atoms with E-state index in [-0.39, 0.29) is 13.3 Å². The number of ether oxygens (including phenoxy) is 2. The molecule has 2 atom stereocenters. The summed E-state index contributed by atoms with van der Waals surface area (Å²) < 4.78 is 47.9. The summed E-state index contributed by atoms with van der Waals surface area (Å²) in [5.41, 5.74) is 0. The predicted molar refractivity (Wildman–Crippen MR) is 68.3 cm³/mol. The molecular weight excluding hydrogens is 277 g/mol. The van der Waals surface area contributed by atoms with Crippen LogP contribution in [0.25, 0.3) is 0 Å². The van der Waals surface area contributed by atoms with Gasteiger partial charge in [-0.3, -0.25) is 0 Å². The Hall–Kier alpha value is -1.02. The summed E-state index contributed by atoms with van der Waals surface area (Å²) in [5, 5.41) is 4.34. The molecule has 0 aromatic carbocycles. The molecule has 0 aliphatic rings. The van der Waals surface area contributed by atoms with Crippen LogP contribution in [0.1, 0.15) is 26.7 Å². The highest BCUT2D eigenvalue weighted by Gasteiger charge is 2.43. The molecule has 20 heavy (non-hydrogen) atoms. The fraction of sp³-hybridized carbons (Fsp3) is 0.917. The number of amides is 2. The summed E-state index contributed by atoms with van der Waals surface area (Å²) in [7, 11) is 1.48. The van der Waals surface area contributed by atoms with Crippen molar-refractivity contribution in [2.24, 2.45) is 5.92 Å². The van der Waals surface area contributed by atoms with E-state index in [1.165, 1.54) is 14.0 Å². The fourth-order valence-corrected chi connectivity index (χ4v) is 1.49. The van der Waals surface area contributed by atoms with E-state index < -0.39 is 24.2 Å². The molecule has 0 radical (unpaired) electrons. The molecule has 0 saturated heterocycles. The second-order valence-corrected chi connectivity index (χ2v) is 4.47. The van der Waals surface area contributed by atoms with E-state index in [9.17, 15) is 18.0 Å². The maximum absolute atomic E-state index is 12.8. The lowest BCUT2D eigenvalue weighted by Crippen LogP contribution is -2.52. The molecule has 0 bridgehead atoms. The van der Waals surface area contributed by atoms with Crippen LogP contribution in [-0.4, -0.2) is 45.3 Å². The summed E-state index contributed by atoms with van der Waals surface area (Å²) in [5.74, 6) is -0.675. The first-order valence-electron chi connectivity index (χ1n) is 6.50. The number of hydrogen-bond donors (Lipinski definition) is 2. The molecule has 0 rings (SSSR count). The zero-order valence-electron chi connectivity index (χ0n) is 12.0. The third kappa shape index (κ3) is 8.21. The number of nitrogens with one attached hydrogen (secondary N) is 2. The number of rotatable bonds is 9. The SMILES string of the molecule is CC[C@H](C)[C@@H](NC(=O)NCCCOCOC)C(F)(F)F. The van der Waals surface area contributed by atoms with Gasteiger partial charge in [-0.2, -0.15) is 13.2 Å². The molecule has 0 fully saturated rings. The van der Waals surface area contributed by atoms with E-state index in [1.54, 1.807) is 6.92 Å². The van der Waals surface area contributed by atoms with Crippen molar-refractivity contribution < 1.29 is 27.4 Å². The molecule has 2 amide bonds. The summed E-state index contributed by atoms with van der Waals surface area (Å²) >= 11 is 0. The lowest BCUT2D eigenvalue weighted by atomic mass is 9.99. The lowest BCUT2D eigenvalue weighted by molar-refractivity contribution is -0.163. The van der Waals surface area contributed by atoms with Crippen molar-refractivity contribution in [1.82, 2.24) is 10.6 Å². The monoisotopic (exact) mass is 300 g/mol. The number of methoxy groups -OCH3 is 1. The van der Waals surface area contributed by atoms with Crippen LogP contribution in [0, 0.1) is 5.92 Å². The van der Waals surface area contributed by atoms with Gasteiger partial charge < -0.3 is 20.1 Å². The predicted octanol–water partition coefficient (Wildman–Crippen LogP) is 2.27. The highest BCUT2D eigenvalue weighted by atomic mass is 19.4. The Bertz CT molecular complexity index is 275. The summed E-state index contributed by atoms with van der Waals surface area (Å²) in [6.07, 6.45) is -3.62. The Labute approximate surface area is 117 Å². The van der Waals surface area contributed by atoms with Crippen LogP contribution in [0.5, 0.6) is 0 Å². The maximum Gasteiger partial charge on any atom is 0.408 e. The smallest absolute Gasteiger partial charge is 0.359 e. The van der Waals surface area contributed by atoms with Gasteiger partial charge in [0, 0.05) is 13.7 Å². The fourth-order valence-electron chi connectivity index (χ4n) is 1.49. The molecule has 0 heterocycles. The van der Waals surface area contributed by atoms with Crippen molar-refractivity contribution in [3.63, 3.8) is 0 Å². The molecule has 0 spiro atoms. The van der Waals surface area contributed by atoms with Crippen LogP contribution in [-0.2, 0) is 9.47 Å². The molecule has 5 nitrogen and oxygen atoms in total. The summed E-state index contributed by atoms with van der Waals surface area (Å²) in [6, 6.07) is -2.66. The second-order valence-electron chi connectivity index (χ2n) is 4.47. The van der Waals surface area contributed by atoms with Gasteiger partial charge in [0.2, 0.25) is 0 Å². The molecule has 0 aliphatic carbocycles. The van der Waals surface area contributed by atoms with Crippen molar-refractivity contribution in [3.8, 4) is 0 Å². The normalized spacial score (nSPS) is 14.7. The van der Waals surface area contributed by atoms with E-state index >= 15 is 0 Å². The van der Waals surface area contributed by atoms with Crippen LogP contribution in [0.2, 0.25) is 0 Å². The molecule has 0 aromatic heterocycles. The van der Waals surface area contributed by atoms with Crippen molar-refractivity contribution in [2.45, 2.75) is 38.9 Å². The van der Waals surface area contributed by atoms with Crippen LogP contribution < -0.4 is 10.6 Å². The summed E-state index contributed by atoms with van der Waals surface area (Å²) in [4.78, 5) is 11.4. The Morgan fingerprint density at radius 1 is 1.35 bits per heavy atom. The number of urea groups is 1. The number of alkyl halides is 3. The van der Waals surface area contributed by atoms with Gasteiger partial charge >= 0.3 is 12.2 Å². The standard InChI is InChI=1S/C12H23F3N2O3/c1-4-9(2)10(12(13,14)15)17-11(18)16-6-5-7-20-8-19-3/h9-10H,4-8H2,1-3H3,(H2,16,17,18)/t9-,10+/m0/s1. The lowest BCUT2D eigenvalue weighted by Gasteiger charge is -2.26. The van der Waals surface area contributed by atoms with Gasteiger partial charge in [0.1, 0.15) is 12.8 Å². The van der Waals surface area contributed by atoms with Crippen LogP contribution in [0.3, 0.4) is 0 Å². The third-order valence-electron chi connectivity index (χ3n) is 2.80. The van der Waals surface area contributed by atoms with E-state index in [0.29, 0.717) is 19.4 Å². The molecule has 120 valence electrons. The summed E-state index contributed by atoms with van der Waals surface area (Å²) in [6.45, 7) is 3.85. The van der Waals surface area contributed by atoms with Gasteiger partial charge in [0.25, 0.3) is 0 Å². The van der Waals surface area contributed by atoms with Gasteiger partial charge in [-0.05, 0) is 12.3 Å². The van der Waals surface area contributed by atoms with Gasteiger partial charge in [0.05, 0.1) is 6.61 Å². The molecule has 8 heteroatoms. The molecule has 0 unspecified atom stereocenters. The van der Waals surface area contributed by atoms with Crippen LogP contribution in [0.15, 0.2) is 0 Å². The molecule has 2 N–H and O–H groups in total. The average Bonchev–Trinajstić information content (AvgIpc) is 2.38. The molecule has 0 aliphatic heterocycles. The number of carbonyl (C=O) groups is 1. The first-order chi connectivity index (χ1) is 9.32. The molecule has 0 aromatic rings. The Morgan fingerprint density at radius 2 is 2.00 bits per heavy atom.